The maximum absolute atomic E-state index is 12.1. The van der Waals surface area contributed by atoms with E-state index in [2.05, 4.69) is 9.97 Å². The number of alkyl halides is 1. The molecule has 0 atom stereocenters. The molecule has 1 N–H and O–H groups in total. The highest BCUT2D eigenvalue weighted by Gasteiger charge is 2.16. The van der Waals surface area contributed by atoms with Crippen molar-refractivity contribution in [3.05, 3.63) is 57.0 Å². The number of rotatable bonds is 2. The molecular formula is C13H11ClN4O2. The van der Waals surface area contributed by atoms with Crippen molar-refractivity contribution in [3.63, 3.8) is 0 Å². The van der Waals surface area contributed by atoms with Gasteiger partial charge in [-0.25, -0.2) is 14.3 Å². The second-order valence-electron chi connectivity index (χ2n) is 4.32. The van der Waals surface area contributed by atoms with Gasteiger partial charge in [-0.05, 0) is 12.1 Å². The number of nitrogens with zero attached hydrogens (tertiary/aromatic N) is 3. The van der Waals surface area contributed by atoms with Crippen LogP contribution in [0.5, 0.6) is 0 Å². The molecule has 6 nitrogen and oxygen atoms in total. The van der Waals surface area contributed by atoms with E-state index in [1.54, 1.807) is 23.7 Å². The van der Waals surface area contributed by atoms with Crippen LogP contribution < -0.4 is 11.2 Å². The normalized spacial score (nSPS) is 11.1. The molecule has 0 saturated carbocycles. The Morgan fingerprint density at radius 1 is 1.25 bits per heavy atom. The number of fused-ring (bicyclic) bond motifs is 1. The second-order valence-corrected chi connectivity index (χ2v) is 4.59. The van der Waals surface area contributed by atoms with Gasteiger partial charge >= 0.3 is 5.69 Å². The van der Waals surface area contributed by atoms with E-state index in [0.717, 1.165) is 0 Å². The lowest BCUT2D eigenvalue weighted by Crippen LogP contribution is -2.29. The smallest absolute Gasteiger partial charge is 0.324 e. The standard InChI is InChI=1S/C13H11ClN4O2/c1-17-9(7-14)15-11-10(17)12(19)16-13(20)18(11)8-5-3-2-4-6-8/h2-6H,7H2,1H3,(H,16,19,20). The van der Waals surface area contributed by atoms with Gasteiger partial charge in [-0.3, -0.25) is 9.78 Å². The number of benzene rings is 1. The number of para-hydroxylation sites is 1. The van der Waals surface area contributed by atoms with Crippen molar-refractivity contribution in [1.82, 2.24) is 19.1 Å². The summed E-state index contributed by atoms with van der Waals surface area (Å²) in [6, 6.07) is 9.01. The lowest BCUT2D eigenvalue weighted by molar-refractivity contribution is 0.867. The summed E-state index contributed by atoms with van der Waals surface area (Å²) in [5, 5.41) is 0. The predicted octanol–water partition coefficient (Wildman–Crippen LogP) is 1.15. The summed E-state index contributed by atoms with van der Waals surface area (Å²) in [7, 11) is 1.70. The molecule has 102 valence electrons. The molecule has 0 unspecified atom stereocenters. The van der Waals surface area contributed by atoms with Crippen LogP contribution in [0.4, 0.5) is 0 Å². The molecule has 0 bridgehead atoms. The molecule has 0 aliphatic heterocycles. The van der Waals surface area contributed by atoms with Crippen LogP contribution in [-0.2, 0) is 12.9 Å². The van der Waals surface area contributed by atoms with Gasteiger partial charge in [0.05, 0.1) is 11.6 Å². The first-order valence-electron chi connectivity index (χ1n) is 5.95. The Hall–Kier alpha value is -2.34. The van der Waals surface area contributed by atoms with E-state index in [1.807, 2.05) is 18.2 Å². The van der Waals surface area contributed by atoms with Crippen molar-refractivity contribution in [2.24, 2.45) is 7.05 Å². The summed E-state index contributed by atoms with van der Waals surface area (Å²) in [5.41, 5.74) is 0.279. The van der Waals surface area contributed by atoms with E-state index in [1.165, 1.54) is 4.57 Å². The highest BCUT2D eigenvalue weighted by molar-refractivity contribution is 6.16. The van der Waals surface area contributed by atoms with Crippen LogP contribution in [0.15, 0.2) is 39.9 Å². The number of H-pyrrole nitrogens is 1. The third-order valence-electron chi connectivity index (χ3n) is 3.15. The molecule has 0 spiro atoms. The Balaban J connectivity index is 2.50. The Labute approximate surface area is 118 Å². The van der Waals surface area contributed by atoms with Gasteiger partial charge in [-0.1, -0.05) is 18.2 Å². The third kappa shape index (κ3) is 1.77. The van der Waals surface area contributed by atoms with Crippen LogP contribution in [0.3, 0.4) is 0 Å². The maximum Gasteiger partial charge on any atom is 0.334 e. The summed E-state index contributed by atoms with van der Waals surface area (Å²) < 4.78 is 2.97. The van der Waals surface area contributed by atoms with Gasteiger partial charge in [0.15, 0.2) is 11.2 Å². The summed E-state index contributed by atoms with van der Waals surface area (Å²) in [6.45, 7) is 0. The van der Waals surface area contributed by atoms with Crippen LogP contribution in [-0.4, -0.2) is 19.1 Å². The van der Waals surface area contributed by atoms with E-state index in [-0.39, 0.29) is 5.88 Å². The number of aromatic amines is 1. The Kier molecular flexibility index (Phi) is 2.94. The zero-order chi connectivity index (χ0) is 14.3. The number of halogens is 1. The monoisotopic (exact) mass is 290 g/mol. The zero-order valence-electron chi connectivity index (χ0n) is 10.6. The number of aromatic nitrogens is 4. The quantitative estimate of drug-likeness (QED) is 0.720. The molecule has 0 aliphatic carbocycles. The van der Waals surface area contributed by atoms with E-state index in [0.29, 0.717) is 22.7 Å². The third-order valence-corrected chi connectivity index (χ3v) is 3.39. The van der Waals surface area contributed by atoms with Crippen molar-refractivity contribution in [3.8, 4) is 5.69 Å². The van der Waals surface area contributed by atoms with Gasteiger partial charge in [0.25, 0.3) is 5.56 Å². The highest BCUT2D eigenvalue weighted by atomic mass is 35.5. The first-order chi connectivity index (χ1) is 9.63. The van der Waals surface area contributed by atoms with Gasteiger partial charge in [-0.15, -0.1) is 11.6 Å². The summed E-state index contributed by atoms with van der Waals surface area (Å²) in [6.07, 6.45) is 0. The van der Waals surface area contributed by atoms with Gasteiger partial charge in [0.1, 0.15) is 5.82 Å². The van der Waals surface area contributed by atoms with Gasteiger partial charge in [-0.2, -0.15) is 0 Å². The maximum atomic E-state index is 12.1. The van der Waals surface area contributed by atoms with E-state index in [9.17, 15) is 9.59 Å². The van der Waals surface area contributed by atoms with E-state index >= 15 is 0 Å². The molecule has 2 aromatic heterocycles. The molecule has 20 heavy (non-hydrogen) atoms. The van der Waals surface area contributed by atoms with Crippen LogP contribution in [0, 0.1) is 0 Å². The van der Waals surface area contributed by atoms with Gasteiger partial charge in [0, 0.05) is 7.05 Å². The number of nitrogens with one attached hydrogen (secondary N) is 1. The van der Waals surface area contributed by atoms with Crippen LogP contribution in [0.1, 0.15) is 5.82 Å². The lowest BCUT2D eigenvalue weighted by Gasteiger charge is -2.05. The molecule has 0 amide bonds. The summed E-state index contributed by atoms with van der Waals surface area (Å²) >= 11 is 5.81. The lowest BCUT2D eigenvalue weighted by atomic mass is 10.3. The van der Waals surface area contributed by atoms with Crippen molar-refractivity contribution >= 4 is 22.8 Å². The minimum Gasteiger partial charge on any atom is -0.324 e. The summed E-state index contributed by atoms with van der Waals surface area (Å²) in [4.78, 5) is 30.7. The number of aryl methyl sites for hydroxylation is 1. The predicted molar refractivity (Wildman–Crippen MR) is 76.5 cm³/mol. The first kappa shape index (κ1) is 12.7. The van der Waals surface area contributed by atoms with Crippen LogP contribution in [0.2, 0.25) is 0 Å². The minimum atomic E-state index is -0.520. The SMILES string of the molecule is Cn1c(CCl)nc2c1c(=O)[nH]c(=O)n2-c1ccccc1. The average Bonchev–Trinajstić information content (AvgIpc) is 2.77. The fraction of sp³-hybridized carbons (Fsp3) is 0.154. The molecule has 0 radical (unpaired) electrons. The highest BCUT2D eigenvalue weighted by Crippen LogP contribution is 2.14. The molecule has 1 aromatic carbocycles. The van der Waals surface area contributed by atoms with E-state index in [4.69, 9.17) is 11.6 Å². The Morgan fingerprint density at radius 3 is 2.60 bits per heavy atom. The number of hydrogen-bond donors (Lipinski definition) is 1. The average molecular weight is 291 g/mol. The Bertz CT molecular complexity index is 892. The molecule has 0 aliphatic rings. The molecule has 3 rings (SSSR count). The fourth-order valence-electron chi connectivity index (χ4n) is 2.18. The van der Waals surface area contributed by atoms with Gasteiger partial charge in [0.2, 0.25) is 0 Å². The molecule has 2 heterocycles. The van der Waals surface area contributed by atoms with Crippen LogP contribution >= 0.6 is 11.6 Å². The summed E-state index contributed by atoms with van der Waals surface area (Å²) in [5.74, 6) is 0.690. The minimum absolute atomic E-state index is 0.160. The fourth-order valence-corrected chi connectivity index (χ4v) is 2.42. The first-order valence-corrected chi connectivity index (χ1v) is 6.49. The number of hydrogen-bond acceptors (Lipinski definition) is 3. The molecule has 0 saturated heterocycles. The number of imidazole rings is 1. The van der Waals surface area contributed by atoms with Crippen molar-refractivity contribution in [2.45, 2.75) is 5.88 Å². The topological polar surface area (TPSA) is 72.7 Å². The second kappa shape index (κ2) is 4.64. The molecule has 0 fully saturated rings. The molecular weight excluding hydrogens is 280 g/mol. The van der Waals surface area contributed by atoms with Crippen LogP contribution in [0.25, 0.3) is 16.9 Å². The van der Waals surface area contributed by atoms with Crippen molar-refractivity contribution in [1.29, 1.82) is 0 Å². The van der Waals surface area contributed by atoms with Crippen molar-refractivity contribution < 1.29 is 0 Å². The Morgan fingerprint density at radius 2 is 1.95 bits per heavy atom. The zero-order valence-corrected chi connectivity index (χ0v) is 11.4. The molecule has 7 heteroatoms. The van der Waals surface area contributed by atoms with Gasteiger partial charge < -0.3 is 4.57 Å². The molecule has 3 aromatic rings. The largest absolute Gasteiger partial charge is 0.334 e. The van der Waals surface area contributed by atoms with Crippen molar-refractivity contribution in [2.75, 3.05) is 0 Å². The van der Waals surface area contributed by atoms with E-state index < -0.39 is 11.2 Å².